The molecule has 0 aromatic heterocycles. The van der Waals surface area contributed by atoms with E-state index in [-0.39, 0.29) is 11.9 Å². The molecule has 0 amide bonds. The quantitative estimate of drug-likeness (QED) is 0.388. The molecule has 0 aliphatic heterocycles. The monoisotopic (exact) mass is 267 g/mol. The SMILES string of the molecule is COCCSSCCOC(=O)[C@@H](N)C(C)C. The lowest BCUT2D eigenvalue weighted by molar-refractivity contribution is -0.145. The second-order valence-electron chi connectivity index (χ2n) is 3.57. The van der Waals surface area contributed by atoms with E-state index < -0.39 is 6.04 Å². The van der Waals surface area contributed by atoms with E-state index in [4.69, 9.17) is 15.2 Å². The van der Waals surface area contributed by atoms with Gasteiger partial charge < -0.3 is 15.2 Å². The van der Waals surface area contributed by atoms with Gasteiger partial charge in [0.2, 0.25) is 0 Å². The summed E-state index contributed by atoms with van der Waals surface area (Å²) < 4.78 is 9.95. The Hall–Kier alpha value is 0.0900. The minimum absolute atomic E-state index is 0.122. The van der Waals surface area contributed by atoms with E-state index in [0.717, 1.165) is 18.1 Å². The fourth-order valence-corrected chi connectivity index (χ4v) is 2.52. The Labute approximate surface area is 105 Å². The molecule has 0 unspecified atom stereocenters. The molecule has 0 radical (unpaired) electrons. The molecule has 96 valence electrons. The number of esters is 1. The van der Waals surface area contributed by atoms with Crippen molar-refractivity contribution in [1.29, 1.82) is 0 Å². The molecule has 0 spiro atoms. The van der Waals surface area contributed by atoms with Gasteiger partial charge in [-0.1, -0.05) is 35.4 Å². The summed E-state index contributed by atoms with van der Waals surface area (Å²) in [4.78, 5) is 11.3. The molecule has 0 rings (SSSR count). The number of hydrogen-bond acceptors (Lipinski definition) is 6. The van der Waals surface area contributed by atoms with Gasteiger partial charge in [0, 0.05) is 18.6 Å². The minimum Gasteiger partial charge on any atom is -0.464 e. The first kappa shape index (κ1) is 16.1. The van der Waals surface area contributed by atoms with Gasteiger partial charge in [-0.05, 0) is 5.92 Å². The molecule has 4 nitrogen and oxygen atoms in total. The van der Waals surface area contributed by atoms with Crippen LogP contribution in [0.4, 0.5) is 0 Å². The fourth-order valence-electron chi connectivity index (χ4n) is 0.780. The van der Waals surface area contributed by atoms with E-state index >= 15 is 0 Å². The summed E-state index contributed by atoms with van der Waals surface area (Å²) in [6.07, 6.45) is 0. The van der Waals surface area contributed by atoms with Crippen LogP contribution in [0.15, 0.2) is 0 Å². The Morgan fingerprint density at radius 2 is 1.81 bits per heavy atom. The van der Waals surface area contributed by atoms with Crippen molar-refractivity contribution in [2.45, 2.75) is 19.9 Å². The summed E-state index contributed by atoms with van der Waals surface area (Å²) in [5.41, 5.74) is 5.64. The van der Waals surface area contributed by atoms with Crippen molar-refractivity contribution in [2.75, 3.05) is 31.8 Å². The predicted molar refractivity (Wildman–Crippen MR) is 70.6 cm³/mol. The third kappa shape index (κ3) is 8.27. The Bertz CT molecular complexity index is 191. The van der Waals surface area contributed by atoms with Gasteiger partial charge in [-0.3, -0.25) is 4.79 Å². The summed E-state index contributed by atoms with van der Waals surface area (Å²) in [6, 6.07) is -0.508. The highest BCUT2D eigenvalue weighted by atomic mass is 33.1. The van der Waals surface area contributed by atoms with Crippen molar-refractivity contribution in [3.63, 3.8) is 0 Å². The van der Waals surface area contributed by atoms with Gasteiger partial charge in [-0.25, -0.2) is 0 Å². The number of methoxy groups -OCH3 is 1. The van der Waals surface area contributed by atoms with Crippen molar-refractivity contribution in [3.8, 4) is 0 Å². The standard InChI is InChI=1S/C10H21NO3S2/c1-8(2)9(11)10(12)14-5-7-16-15-6-4-13-3/h8-9H,4-7,11H2,1-3H3/t9-/m0/s1. The molecular formula is C10H21NO3S2. The van der Waals surface area contributed by atoms with Crippen molar-refractivity contribution < 1.29 is 14.3 Å². The van der Waals surface area contributed by atoms with Crippen LogP contribution in [-0.2, 0) is 14.3 Å². The van der Waals surface area contributed by atoms with Crippen molar-refractivity contribution in [1.82, 2.24) is 0 Å². The van der Waals surface area contributed by atoms with Crippen molar-refractivity contribution in [2.24, 2.45) is 11.7 Å². The van der Waals surface area contributed by atoms with Crippen LogP contribution in [-0.4, -0.2) is 43.8 Å². The molecule has 0 aliphatic rings. The van der Waals surface area contributed by atoms with Gasteiger partial charge >= 0.3 is 5.97 Å². The van der Waals surface area contributed by atoms with Crippen LogP contribution >= 0.6 is 21.6 Å². The fraction of sp³-hybridized carbons (Fsp3) is 0.900. The molecule has 0 heterocycles. The second kappa shape index (κ2) is 10.3. The lowest BCUT2D eigenvalue weighted by Crippen LogP contribution is -2.37. The zero-order valence-corrected chi connectivity index (χ0v) is 11.7. The average molecular weight is 267 g/mol. The number of hydrogen-bond donors (Lipinski definition) is 1. The maximum absolute atomic E-state index is 11.3. The summed E-state index contributed by atoms with van der Waals surface area (Å²) in [6.45, 7) is 4.97. The molecule has 0 aromatic carbocycles. The van der Waals surface area contributed by atoms with E-state index in [1.807, 2.05) is 13.8 Å². The van der Waals surface area contributed by atoms with E-state index in [1.165, 1.54) is 0 Å². The first-order chi connectivity index (χ1) is 7.59. The Balaban J connectivity index is 3.34. The summed E-state index contributed by atoms with van der Waals surface area (Å²) in [5.74, 6) is 1.54. The highest BCUT2D eigenvalue weighted by Crippen LogP contribution is 2.20. The molecule has 0 aromatic rings. The van der Waals surface area contributed by atoms with Crippen LogP contribution in [0, 0.1) is 5.92 Å². The van der Waals surface area contributed by atoms with Gasteiger partial charge in [0.25, 0.3) is 0 Å². The topological polar surface area (TPSA) is 61.5 Å². The maximum Gasteiger partial charge on any atom is 0.323 e. The molecule has 0 saturated heterocycles. The van der Waals surface area contributed by atoms with Crippen LogP contribution in [0.3, 0.4) is 0 Å². The predicted octanol–water partition coefficient (Wildman–Crippen LogP) is 1.54. The van der Waals surface area contributed by atoms with E-state index in [1.54, 1.807) is 28.7 Å². The van der Waals surface area contributed by atoms with Gasteiger partial charge in [0.05, 0.1) is 6.61 Å². The van der Waals surface area contributed by atoms with Crippen LogP contribution in [0.5, 0.6) is 0 Å². The third-order valence-electron chi connectivity index (χ3n) is 1.86. The lowest BCUT2D eigenvalue weighted by Gasteiger charge is -2.14. The van der Waals surface area contributed by atoms with E-state index in [9.17, 15) is 4.79 Å². The second-order valence-corrected chi connectivity index (χ2v) is 6.28. The van der Waals surface area contributed by atoms with Crippen LogP contribution in [0.25, 0.3) is 0 Å². The lowest BCUT2D eigenvalue weighted by atomic mass is 10.1. The van der Waals surface area contributed by atoms with Gasteiger partial charge in [0.1, 0.15) is 12.6 Å². The van der Waals surface area contributed by atoms with Crippen LogP contribution in [0.2, 0.25) is 0 Å². The Morgan fingerprint density at radius 1 is 1.25 bits per heavy atom. The van der Waals surface area contributed by atoms with Crippen molar-refractivity contribution in [3.05, 3.63) is 0 Å². The van der Waals surface area contributed by atoms with E-state index in [0.29, 0.717) is 6.61 Å². The van der Waals surface area contributed by atoms with E-state index in [2.05, 4.69) is 0 Å². The van der Waals surface area contributed by atoms with Gasteiger partial charge in [-0.2, -0.15) is 0 Å². The average Bonchev–Trinajstić information content (AvgIpc) is 2.26. The highest BCUT2D eigenvalue weighted by Gasteiger charge is 2.18. The maximum atomic E-state index is 11.3. The van der Waals surface area contributed by atoms with Crippen LogP contribution < -0.4 is 5.73 Å². The molecule has 0 fully saturated rings. The van der Waals surface area contributed by atoms with Crippen molar-refractivity contribution >= 4 is 27.6 Å². The normalized spacial score (nSPS) is 12.8. The number of carbonyl (C=O) groups excluding carboxylic acids is 1. The Morgan fingerprint density at radius 3 is 2.31 bits per heavy atom. The first-order valence-corrected chi connectivity index (χ1v) is 7.74. The number of nitrogens with two attached hydrogens (primary N) is 1. The first-order valence-electron chi connectivity index (χ1n) is 5.25. The summed E-state index contributed by atoms with van der Waals surface area (Å²) >= 11 is 0. The zero-order valence-electron chi connectivity index (χ0n) is 10.1. The molecule has 0 aliphatic carbocycles. The molecule has 0 bridgehead atoms. The molecule has 16 heavy (non-hydrogen) atoms. The number of ether oxygens (including phenoxy) is 2. The third-order valence-corrected chi connectivity index (χ3v) is 4.19. The molecular weight excluding hydrogens is 246 g/mol. The Kier molecular flexibility index (Phi) is 10.3. The minimum atomic E-state index is -0.508. The highest BCUT2D eigenvalue weighted by molar-refractivity contribution is 8.76. The summed E-state index contributed by atoms with van der Waals surface area (Å²) in [5, 5.41) is 0. The summed E-state index contributed by atoms with van der Waals surface area (Å²) in [7, 11) is 5.07. The largest absolute Gasteiger partial charge is 0.464 e. The molecule has 2 N–H and O–H groups in total. The number of rotatable bonds is 9. The van der Waals surface area contributed by atoms with Gasteiger partial charge in [0.15, 0.2) is 0 Å². The zero-order chi connectivity index (χ0) is 12.4. The molecule has 6 heteroatoms. The molecule has 0 saturated carbocycles. The van der Waals surface area contributed by atoms with Crippen LogP contribution in [0.1, 0.15) is 13.8 Å². The smallest absolute Gasteiger partial charge is 0.323 e. The number of carbonyl (C=O) groups is 1. The molecule has 1 atom stereocenters. The van der Waals surface area contributed by atoms with Gasteiger partial charge in [-0.15, -0.1) is 0 Å².